The highest BCUT2D eigenvalue weighted by molar-refractivity contribution is 6.30. The molecule has 0 unspecified atom stereocenters. The molecule has 0 saturated carbocycles. The van der Waals surface area contributed by atoms with E-state index < -0.39 is 16.9 Å². The minimum atomic E-state index is -0.892. The van der Waals surface area contributed by atoms with Gasteiger partial charge in [0.2, 0.25) is 5.95 Å². The van der Waals surface area contributed by atoms with Gasteiger partial charge in [-0.25, -0.2) is 4.68 Å². The second kappa shape index (κ2) is 9.03. The molecule has 1 amide bonds. The zero-order valence-electron chi connectivity index (χ0n) is 18.5. The van der Waals surface area contributed by atoms with Crippen molar-refractivity contribution in [3.63, 3.8) is 0 Å². The van der Waals surface area contributed by atoms with Crippen molar-refractivity contribution in [2.24, 2.45) is 0 Å². The van der Waals surface area contributed by atoms with Crippen molar-refractivity contribution in [3.05, 3.63) is 111 Å². The Hall–Kier alpha value is -4.50. The number of benzene rings is 3. The van der Waals surface area contributed by atoms with Crippen molar-refractivity contribution in [2.75, 3.05) is 10.6 Å². The van der Waals surface area contributed by atoms with Gasteiger partial charge in [0.25, 0.3) is 11.6 Å². The molecule has 1 atom stereocenters. The number of nitrogens with one attached hydrogen (secondary N) is 2. The van der Waals surface area contributed by atoms with Crippen molar-refractivity contribution in [3.8, 4) is 11.4 Å². The van der Waals surface area contributed by atoms with Gasteiger partial charge in [-0.1, -0.05) is 54.1 Å². The van der Waals surface area contributed by atoms with Gasteiger partial charge < -0.3 is 10.6 Å². The van der Waals surface area contributed by atoms with E-state index in [0.717, 1.165) is 0 Å². The summed E-state index contributed by atoms with van der Waals surface area (Å²) in [6.07, 6.45) is 0. The predicted octanol–water partition coefficient (Wildman–Crippen LogP) is 5.43. The largest absolute Gasteiger partial charge is 0.328 e. The molecule has 0 aliphatic carbocycles. The van der Waals surface area contributed by atoms with Gasteiger partial charge >= 0.3 is 0 Å². The van der Waals surface area contributed by atoms with Crippen LogP contribution in [0.15, 0.2) is 90.1 Å². The van der Waals surface area contributed by atoms with Crippen LogP contribution in [0.4, 0.5) is 17.3 Å². The van der Waals surface area contributed by atoms with Crippen molar-refractivity contribution in [2.45, 2.75) is 13.0 Å². The number of carbonyl (C=O) groups excluding carboxylic acids is 1. The maximum absolute atomic E-state index is 13.5. The standard InChI is InChI=1S/C25H19ClN6O3/c1-15-21(24(33)28-18-10-3-2-4-11-18)22(19-12-5-6-13-20(19)32(34)35)31-25(27-15)29-23(30-31)16-8-7-9-17(26)14-16/h2-14,22H,1H3,(H,28,33)(H,27,29,30)/t22-/m0/s1. The van der Waals surface area contributed by atoms with Gasteiger partial charge in [0.1, 0.15) is 6.04 Å². The molecular formula is C25H19ClN6O3. The summed E-state index contributed by atoms with van der Waals surface area (Å²) in [4.78, 5) is 29.5. The van der Waals surface area contributed by atoms with E-state index in [0.29, 0.717) is 39.3 Å². The second-order valence-electron chi connectivity index (χ2n) is 7.92. The lowest BCUT2D eigenvalue weighted by atomic mass is 9.93. The lowest BCUT2D eigenvalue weighted by molar-refractivity contribution is -0.385. The van der Waals surface area contributed by atoms with Crippen molar-refractivity contribution in [1.29, 1.82) is 0 Å². The zero-order valence-corrected chi connectivity index (χ0v) is 19.2. The van der Waals surface area contributed by atoms with E-state index in [1.807, 2.05) is 24.3 Å². The molecule has 0 bridgehead atoms. The number of nitro benzene ring substituents is 1. The van der Waals surface area contributed by atoms with Crippen LogP contribution in [-0.4, -0.2) is 25.6 Å². The fourth-order valence-corrected chi connectivity index (χ4v) is 4.28. The number of para-hydroxylation sites is 2. The van der Waals surface area contributed by atoms with Crippen LogP contribution in [0.3, 0.4) is 0 Å². The average molecular weight is 487 g/mol. The number of nitrogens with zero attached hydrogens (tertiary/aromatic N) is 4. The van der Waals surface area contributed by atoms with E-state index in [2.05, 4.69) is 20.7 Å². The molecule has 35 heavy (non-hydrogen) atoms. The monoisotopic (exact) mass is 486 g/mol. The Morgan fingerprint density at radius 2 is 1.83 bits per heavy atom. The Morgan fingerprint density at radius 1 is 1.09 bits per heavy atom. The number of allylic oxidation sites excluding steroid dienone is 1. The molecule has 2 N–H and O–H groups in total. The molecular weight excluding hydrogens is 468 g/mol. The summed E-state index contributed by atoms with van der Waals surface area (Å²) in [7, 11) is 0. The highest BCUT2D eigenvalue weighted by atomic mass is 35.5. The molecule has 3 aromatic carbocycles. The molecule has 1 aliphatic rings. The molecule has 1 aliphatic heterocycles. The van der Waals surface area contributed by atoms with Gasteiger partial charge in [0, 0.05) is 28.0 Å². The third-order valence-electron chi connectivity index (χ3n) is 5.64. The van der Waals surface area contributed by atoms with Crippen molar-refractivity contribution >= 4 is 34.8 Å². The molecule has 10 heteroatoms. The Balaban J connectivity index is 1.67. The molecule has 1 aromatic heterocycles. The van der Waals surface area contributed by atoms with E-state index in [9.17, 15) is 14.9 Å². The van der Waals surface area contributed by atoms with E-state index >= 15 is 0 Å². The van der Waals surface area contributed by atoms with E-state index in [1.165, 1.54) is 10.7 Å². The maximum Gasteiger partial charge on any atom is 0.275 e. The van der Waals surface area contributed by atoms with Gasteiger partial charge in [0.15, 0.2) is 5.82 Å². The normalized spacial score (nSPS) is 14.7. The Bertz CT molecular complexity index is 1480. The van der Waals surface area contributed by atoms with Crippen LogP contribution in [0.2, 0.25) is 5.02 Å². The Labute approximate surface area is 205 Å². The topological polar surface area (TPSA) is 115 Å². The van der Waals surface area contributed by atoms with Crippen molar-refractivity contribution in [1.82, 2.24) is 14.8 Å². The summed E-state index contributed by atoms with van der Waals surface area (Å²) >= 11 is 6.15. The highest BCUT2D eigenvalue weighted by Gasteiger charge is 2.37. The first kappa shape index (κ1) is 22.3. The van der Waals surface area contributed by atoms with E-state index in [-0.39, 0.29) is 11.3 Å². The number of rotatable bonds is 5. The predicted molar refractivity (Wildman–Crippen MR) is 133 cm³/mol. The lowest BCUT2D eigenvalue weighted by Crippen LogP contribution is -2.31. The SMILES string of the molecule is CC1=C(C(=O)Nc2ccccc2)[C@H](c2ccccc2[N+](=O)[O-])n2nc(-c3cccc(Cl)c3)nc2N1. The summed E-state index contributed by atoms with van der Waals surface area (Å²) < 4.78 is 1.51. The van der Waals surface area contributed by atoms with Gasteiger partial charge in [-0.15, -0.1) is 5.10 Å². The first-order chi connectivity index (χ1) is 16.9. The molecule has 4 aromatic rings. The number of aromatic nitrogens is 3. The maximum atomic E-state index is 13.5. The first-order valence-corrected chi connectivity index (χ1v) is 11.1. The number of anilines is 2. The minimum Gasteiger partial charge on any atom is -0.328 e. The number of carbonyl (C=O) groups is 1. The van der Waals surface area contributed by atoms with E-state index in [4.69, 9.17) is 11.6 Å². The zero-order chi connectivity index (χ0) is 24.5. The first-order valence-electron chi connectivity index (χ1n) is 10.7. The van der Waals surface area contributed by atoms with Crippen LogP contribution in [0.5, 0.6) is 0 Å². The number of hydrogen-bond donors (Lipinski definition) is 2. The molecule has 0 spiro atoms. The van der Waals surface area contributed by atoms with Gasteiger partial charge in [-0.3, -0.25) is 14.9 Å². The third-order valence-corrected chi connectivity index (χ3v) is 5.87. The summed E-state index contributed by atoms with van der Waals surface area (Å²) in [5, 5.41) is 23.1. The quantitative estimate of drug-likeness (QED) is 0.287. The smallest absolute Gasteiger partial charge is 0.275 e. The molecule has 9 nitrogen and oxygen atoms in total. The van der Waals surface area contributed by atoms with Crippen LogP contribution >= 0.6 is 11.6 Å². The number of halogens is 1. The second-order valence-corrected chi connectivity index (χ2v) is 8.35. The average Bonchev–Trinajstić information content (AvgIpc) is 3.27. The Kier molecular flexibility index (Phi) is 5.76. The van der Waals surface area contributed by atoms with E-state index in [1.54, 1.807) is 55.5 Å². The number of amides is 1. The van der Waals surface area contributed by atoms with Gasteiger partial charge in [0.05, 0.1) is 16.1 Å². The van der Waals surface area contributed by atoms with Crippen LogP contribution in [0.25, 0.3) is 11.4 Å². The summed E-state index contributed by atoms with van der Waals surface area (Å²) in [6.45, 7) is 1.74. The summed E-state index contributed by atoms with van der Waals surface area (Å²) in [5.41, 5.74) is 2.28. The van der Waals surface area contributed by atoms with Crippen LogP contribution in [0, 0.1) is 10.1 Å². The number of nitro groups is 1. The van der Waals surface area contributed by atoms with Crippen LogP contribution in [0.1, 0.15) is 18.5 Å². The molecule has 5 rings (SSSR count). The fraction of sp³-hybridized carbons (Fsp3) is 0.0800. The Morgan fingerprint density at radius 3 is 2.57 bits per heavy atom. The highest BCUT2D eigenvalue weighted by Crippen LogP contribution is 2.40. The number of hydrogen-bond acceptors (Lipinski definition) is 6. The lowest BCUT2D eigenvalue weighted by Gasteiger charge is -2.28. The molecule has 2 heterocycles. The molecule has 174 valence electrons. The summed E-state index contributed by atoms with van der Waals surface area (Å²) in [5.74, 6) is 0.322. The van der Waals surface area contributed by atoms with Crippen LogP contribution < -0.4 is 10.6 Å². The number of fused-ring (bicyclic) bond motifs is 1. The molecule has 0 radical (unpaired) electrons. The molecule has 0 fully saturated rings. The summed E-state index contributed by atoms with van der Waals surface area (Å²) in [6, 6.07) is 21.5. The van der Waals surface area contributed by atoms with Crippen molar-refractivity contribution < 1.29 is 9.72 Å². The van der Waals surface area contributed by atoms with Gasteiger partial charge in [-0.05, 0) is 37.3 Å². The third kappa shape index (κ3) is 4.24. The minimum absolute atomic E-state index is 0.122. The fourth-order valence-electron chi connectivity index (χ4n) is 4.09. The van der Waals surface area contributed by atoms with Gasteiger partial charge in [-0.2, -0.15) is 4.98 Å². The van der Waals surface area contributed by atoms with Crippen LogP contribution in [-0.2, 0) is 4.79 Å². The molecule has 0 saturated heterocycles.